The van der Waals surface area contributed by atoms with E-state index in [9.17, 15) is 8.78 Å². The van der Waals surface area contributed by atoms with Crippen LogP contribution >= 0.6 is 0 Å². The van der Waals surface area contributed by atoms with Gasteiger partial charge in [0.15, 0.2) is 17.5 Å². The molecule has 0 radical (unpaired) electrons. The third-order valence-electron chi connectivity index (χ3n) is 4.28. The van der Waals surface area contributed by atoms with Gasteiger partial charge in [0.25, 0.3) is 0 Å². The molecule has 1 saturated heterocycles. The number of rotatable bonds is 4. The van der Waals surface area contributed by atoms with E-state index in [1.807, 2.05) is 6.92 Å². The van der Waals surface area contributed by atoms with Crippen molar-refractivity contribution < 1.29 is 13.3 Å². The van der Waals surface area contributed by atoms with Crippen molar-refractivity contribution >= 4 is 0 Å². The van der Waals surface area contributed by atoms with Crippen molar-refractivity contribution in [3.8, 4) is 0 Å². The van der Waals surface area contributed by atoms with Crippen LogP contribution in [-0.2, 0) is 6.54 Å². The summed E-state index contributed by atoms with van der Waals surface area (Å²) in [5, 5.41) is 3.82. The number of nitrogens with zero attached hydrogens (tertiary/aromatic N) is 4. The van der Waals surface area contributed by atoms with Crippen molar-refractivity contribution in [3.63, 3.8) is 0 Å². The minimum absolute atomic E-state index is 0.0595. The summed E-state index contributed by atoms with van der Waals surface area (Å²) in [6.45, 7) is 7.46. The molecule has 0 aliphatic carbocycles. The van der Waals surface area contributed by atoms with Crippen LogP contribution in [0.5, 0.6) is 0 Å². The Labute approximate surface area is 133 Å². The van der Waals surface area contributed by atoms with Gasteiger partial charge in [-0.3, -0.25) is 9.80 Å². The maximum absolute atomic E-state index is 13.7. The molecule has 7 heteroatoms. The number of aromatic nitrogens is 2. The Morgan fingerprint density at radius 1 is 1.22 bits per heavy atom. The third-order valence-corrected chi connectivity index (χ3v) is 4.28. The molecular formula is C16H20F2N4O. The molecule has 1 aliphatic rings. The normalized spacial score (nSPS) is 18.3. The van der Waals surface area contributed by atoms with Crippen LogP contribution in [0.4, 0.5) is 8.78 Å². The standard InChI is InChI=1S/C16H20F2N4O/c1-11(16-19-12(2)20-23-16)22-8-6-21(7-9-22)10-13-4-3-5-14(17)15(13)18/h3-5,11H,6-10H2,1-2H3/t11-/m1/s1. The summed E-state index contributed by atoms with van der Waals surface area (Å²) < 4.78 is 32.2. The van der Waals surface area contributed by atoms with Gasteiger partial charge in [0.1, 0.15) is 0 Å². The molecule has 5 nitrogen and oxygen atoms in total. The molecule has 2 heterocycles. The van der Waals surface area contributed by atoms with Crippen LogP contribution in [0.15, 0.2) is 22.7 Å². The molecule has 0 spiro atoms. The Balaban J connectivity index is 1.57. The fourth-order valence-corrected chi connectivity index (χ4v) is 2.86. The second kappa shape index (κ2) is 6.72. The van der Waals surface area contributed by atoms with Crippen molar-refractivity contribution in [2.24, 2.45) is 0 Å². The summed E-state index contributed by atoms with van der Waals surface area (Å²) >= 11 is 0. The van der Waals surface area contributed by atoms with Gasteiger partial charge in [-0.2, -0.15) is 4.98 Å². The summed E-state index contributed by atoms with van der Waals surface area (Å²) in [5.74, 6) is -0.287. The first kappa shape index (κ1) is 16.0. The molecule has 124 valence electrons. The summed E-state index contributed by atoms with van der Waals surface area (Å²) in [7, 11) is 0. The van der Waals surface area contributed by atoms with Gasteiger partial charge in [-0.15, -0.1) is 0 Å². The molecule has 1 aliphatic heterocycles. The molecule has 23 heavy (non-hydrogen) atoms. The Hall–Kier alpha value is -1.86. The molecule has 1 aromatic heterocycles. The number of aryl methyl sites for hydroxylation is 1. The molecule has 0 bridgehead atoms. The lowest BCUT2D eigenvalue weighted by molar-refractivity contribution is 0.0838. The number of piperazine rings is 1. The molecule has 0 N–H and O–H groups in total. The molecule has 2 aromatic rings. The zero-order chi connectivity index (χ0) is 16.4. The highest BCUT2D eigenvalue weighted by Gasteiger charge is 2.25. The van der Waals surface area contributed by atoms with Crippen LogP contribution in [0, 0.1) is 18.6 Å². The number of hydrogen-bond donors (Lipinski definition) is 0. The van der Waals surface area contributed by atoms with E-state index in [-0.39, 0.29) is 6.04 Å². The number of hydrogen-bond acceptors (Lipinski definition) is 5. The lowest BCUT2D eigenvalue weighted by Crippen LogP contribution is -2.46. The van der Waals surface area contributed by atoms with Crippen molar-refractivity contribution in [1.29, 1.82) is 0 Å². The highest BCUT2D eigenvalue weighted by Crippen LogP contribution is 2.21. The van der Waals surface area contributed by atoms with Crippen molar-refractivity contribution in [2.75, 3.05) is 26.2 Å². The molecular weight excluding hydrogens is 302 g/mol. The predicted molar refractivity (Wildman–Crippen MR) is 80.7 cm³/mol. The quantitative estimate of drug-likeness (QED) is 0.865. The van der Waals surface area contributed by atoms with E-state index in [0.717, 1.165) is 32.2 Å². The predicted octanol–water partition coefficient (Wildman–Crippen LogP) is 2.54. The number of benzene rings is 1. The smallest absolute Gasteiger partial charge is 0.243 e. The highest BCUT2D eigenvalue weighted by molar-refractivity contribution is 5.18. The third kappa shape index (κ3) is 3.56. The van der Waals surface area contributed by atoms with Gasteiger partial charge in [0.2, 0.25) is 5.89 Å². The van der Waals surface area contributed by atoms with Crippen LogP contribution in [0.1, 0.15) is 30.2 Å². The van der Waals surface area contributed by atoms with Crippen LogP contribution in [0.3, 0.4) is 0 Å². The molecule has 0 unspecified atom stereocenters. The zero-order valence-electron chi connectivity index (χ0n) is 13.3. The molecule has 1 atom stereocenters. The Bertz CT molecular complexity index is 668. The summed E-state index contributed by atoms with van der Waals surface area (Å²) in [4.78, 5) is 8.65. The second-order valence-electron chi connectivity index (χ2n) is 5.88. The first-order valence-corrected chi connectivity index (χ1v) is 7.74. The van der Waals surface area contributed by atoms with Crippen LogP contribution in [-0.4, -0.2) is 46.1 Å². The van der Waals surface area contributed by atoms with Crippen molar-refractivity contribution in [2.45, 2.75) is 26.4 Å². The van der Waals surface area contributed by atoms with E-state index in [4.69, 9.17) is 4.52 Å². The van der Waals surface area contributed by atoms with Crippen LogP contribution in [0.25, 0.3) is 0 Å². The molecule has 0 amide bonds. The molecule has 3 rings (SSSR count). The Morgan fingerprint density at radius 3 is 2.61 bits per heavy atom. The molecule has 1 aromatic carbocycles. The van der Waals surface area contributed by atoms with Gasteiger partial charge in [-0.05, 0) is 19.9 Å². The first-order chi connectivity index (χ1) is 11.0. The fraction of sp³-hybridized carbons (Fsp3) is 0.500. The highest BCUT2D eigenvalue weighted by atomic mass is 19.2. The van der Waals surface area contributed by atoms with E-state index >= 15 is 0 Å². The van der Waals surface area contributed by atoms with E-state index in [2.05, 4.69) is 19.9 Å². The average Bonchev–Trinajstić information content (AvgIpc) is 2.98. The average molecular weight is 322 g/mol. The minimum Gasteiger partial charge on any atom is -0.338 e. The van der Waals surface area contributed by atoms with E-state index < -0.39 is 11.6 Å². The SMILES string of the molecule is Cc1noc([C@@H](C)N2CCN(Cc3cccc(F)c3F)CC2)n1. The largest absolute Gasteiger partial charge is 0.338 e. The summed E-state index contributed by atoms with van der Waals surface area (Å²) in [6.07, 6.45) is 0. The van der Waals surface area contributed by atoms with Gasteiger partial charge < -0.3 is 4.52 Å². The van der Waals surface area contributed by atoms with Gasteiger partial charge in [0, 0.05) is 38.3 Å². The summed E-state index contributed by atoms with van der Waals surface area (Å²) in [6, 6.07) is 4.38. The van der Waals surface area contributed by atoms with E-state index in [1.54, 1.807) is 19.1 Å². The minimum atomic E-state index is -0.790. The van der Waals surface area contributed by atoms with Gasteiger partial charge in [-0.1, -0.05) is 17.3 Å². The van der Waals surface area contributed by atoms with Gasteiger partial charge in [0.05, 0.1) is 6.04 Å². The maximum Gasteiger partial charge on any atom is 0.243 e. The molecule has 0 saturated carbocycles. The Kier molecular flexibility index (Phi) is 4.68. The number of halogens is 2. The maximum atomic E-state index is 13.7. The van der Waals surface area contributed by atoms with E-state index in [0.29, 0.717) is 23.8 Å². The lowest BCUT2D eigenvalue weighted by atomic mass is 10.1. The Morgan fingerprint density at radius 2 is 1.96 bits per heavy atom. The van der Waals surface area contributed by atoms with E-state index in [1.165, 1.54) is 0 Å². The first-order valence-electron chi connectivity index (χ1n) is 7.74. The fourth-order valence-electron chi connectivity index (χ4n) is 2.86. The van der Waals surface area contributed by atoms with Gasteiger partial charge >= 0.3 is 0 Å². The zero-order valence-corrected chi connectivity index (χ0v) is 13.3. The van der Waals surface area contributed by atoms with Crippen LogP contribution in [0.2, 0.25) is 0 Å². The summed E-state index contributed by atoms with van der Waals surface area (Å²) in [5.41, 5.74) is 0.402. The van der Waals surface area contributed by atoms with Crippen molar-refractivity contribution in [1.82, 2.24) is 19.9 Å². The van der Waals surface area contributed by atoms with Crippen LogP contribution < -0.4 is 0 Å². The topological polar surface area (TPSA) is 45.4 Å². The monoisotopic (exact) mass is 322 g/mol. The lowest BCUT2D eigenvalue weighted by Gasteiger charge is -2.36. The molecule has 1 fully saturated rings. The second-order valence-corrected chi connectivity index (χ2v) is 5.88. The van der Waals surface area contributed by atoms with Gasteiger partial charge in [-0.25, -0.2) is 8.78 Å². The van der Waals surface area contributed by atoms with Crippen molar-refractivity contribution in [3.05, 3.63) is 47.1 Å².